The minimum Gasteiger partial charge on any atom is -0.441 e. The van der Waals surface area contributed by atoms with Gasteiger partial charge in [-0.25, -0.2) is 4.98 Å². The van der Waals surface area contributed by atoms with Crippen molar-refractivity contribution in [1.29, 1.82) is 0 Å². The zero-order valence-corrected chi connectivity index (χ0v) is 12.2. The minimum atomic E-state index is -0.183. The molecular formula is C15H16N4O2. The third-order valence-corrected chi connectivity index (χ3v) is 3.35. The van der Waals surface area contributed by atoms with Crippen molar-refractivity contribution in [3.63, 3.8) is 0 Å². The summed E-state index contributed by atoms with van der Waals surface area (Å²) in [5.74, 6) is 0.507. The van der Waals surface area contributed by atoms with E-state index in [0.717, 1.165) is 23.2 Å². The van der Waals surface area contributed by atoms with Crippen LogP contribution in [-0.2, 0) is 6.42 Å². The van der Waals surface area contributed by atoms with Crippen LogP contribution in [0.25, 0.3) is 11.1 Å². The van der Waals surface area contributed by atoms with E-state index in [9.17, 15) is 4.79 Å². The van der Waals surface area contributed by atoms with Crippen molar-refractivity contribution in [2.45, 2.75) is 27.2 Å². The number of carbonyl (C=O) groups is 1. The molecule has 3 aromatic rings. The standard InChI is InChI=1S/C15H16N4O2/c1-4-13-17-11-7-10(5-6-12(11)21-13)16-15(20)14-8(2)18-19-9(14)3/h5-7H,4H2,1-3H3,(H,16,20)(H,18,19). The first-order chi connectivity index (χ1) is 10.1. The molecule has 0 spiro atoms. The molecule has 3 rings (SSSR count). The summed E-state index contributed by atoms with van der Waals surface area (Å²) < 4.78 is 5.55. The fourth-order valence-electron chi connectivity index (χ4n) is 2.28. The van der Waals surface area contributed by atoms with Crippen LogP contribution in [0.3, 0.4) is 0 Å². The Morgan fingerprint density at radius 3 is 2.86 bits per heavy atom. The summed E-state index contributed by atoms with van der Waals surface area (Å²) in [5, 5.41) is 9.70. The van der Waals surface area contributed by atoms with Gasteiger partial charge in [0.1, 0.15) is 5.52 Å². The number of aryl methyl sites for hydroxylation is 3. The molecule has 0 bridgehead atoms. The molecule has 6 heteroatoms. The second-order valence-electron chi connectivity index (χ2n) is 4.91. The van der Waals surface area contributed by atoms with E-state index < -0.39 is 0 Å². The average Bonchev–Trinajstić information content (AvgIpc) is 3.01. The van der Waals surface area contributed by atoms with Crippen LogP contribution in [0.15, 0.2) is 22.6 Å². The molecule has 0 aliphatic carbocycles. The van der Waals surface area contributed by atoms with Gasteiger partial charge in [-0.2, -0.15) is 5.10 Å². The molecule has 0 saturated carbocycles. The Bertz CT molecular complexity index is 797. The Morgan fingerprint density at radius 1 is 1.38 bits per heavy atom. The number of anilines is 1. The van der Waals surface area contributed by atoms with Gasteiger partial charge < -0.3 is 9.73 Å². The lowest BCUT2D eigenvalue weighted by Crippen LogP contribution is -2.13. The molecule has 1 amide bonds. The number of aromatic nitrogens is 3. The summed E-state index contributed by atoms with van der Waals surface area (Å²) in [5.41, 5.74) is 4.15. The first-order valence-electron chi connectivity index (χ1n) is 6.81. The van der Waals surface area contributed by atoms with Gasteiger partial charge in [-0.05, 0) is 32.0 Å². The van der Waals surface area contributed by atoms with Crippen molar-refractivity contribution >= 4 is 22.7 Å². The number of benzene rings is 1. The Labute approximate surface area is 121 Å². The van der Waals surface area contributed by atoms with Gasteiger partial charge in [-0.15, -0.1) is 0 Å². The van der Waals surface area contributed by atoms with Gasteiger partial charge in [0.25, 0.3) is 5.91 Å². The van der Waals surface area contributed by atoms with Gasteiger partial charge in [0.05, 0.1) is 11.3 Å². The van der Waals surface area contributed by atoms with Gasteiger partial charge in [0.15, 0.2) is 11.5 Å². The molecule has 0 saturated heterocycles. The quantitative estimate of drug-likeness (QED) is 0.774. The molecule has 0 fully saturated rings. The summed E-state index contributed by atoms with van der Waals surface area (Å²) >= 11 is 0. The summed E-state index contributed by atoms with van der Waals surface area (Å²) in [4.78, 5) is 16.7. The first kappa shape index (κ1) is 13.4. The third-order valence-electron chi connectivity index (χ3n) is 3.35. The largest absolute Gasteiger partial charge is 0.441 e. The van der Waals surface area contributed by atoms with Crippen LogP contribution in [0.5, 0.6) is 0 Å². The molecule has 2 aromatic heterocycles. The van der Waals surface area contributed by atoms with Gasteiger partial charge in [0, 0.05) is 17.8 Å². The van der Waals surface area contributed by atoms with E-state index in [-0.39, 0.29) is 5.91 Å². The number of nitrogens with zero attached hydrogens (tertiary/aromatic N) is 2. The Balaban J connectivity index is 1.89. The molecular weight excluding hydrogens is 268 g/mol. The fraction of sp³-hybridized carbons (Fsp3) is 0.267. The van der Waals surface area contributed by atoms with E-state index in [1.165, 1.54) is 0 Å². The van der Waals surface area contributed by atoms with Crippen molar-refractivity contribution in [1.82, 2.24) is 15.2 Å². The van der Waals surface area contributed by atoms with Crippen LogP contribution in [-0.4, -0.2) is 21.1 Å². The van der Waals surface area contributed by atoms with Crippen LogP contribution in [0.2, 0.25) is 0 Å². The maximum Gasteiger partial charge on any atom is 0.259 e. The van der Waals surface area contributed by atoms with Crippen LogP contribution in [0.1, 0.15) is 34.6 Å². The predicted octanol–water partition coefficient (Wildman–Crippen LogP) is 2.98. The zero-order chi connectivity index (χ0) is 15.0. The van der Waals surface area contributed by atoms with Crippen molar-refractivity contribution < 1.29 is 9.21 Å². The van der Waals surface area contributed by atoms with Crippen molar-refractivity contribution in [3.05, 3.63) is 41.0 Å². The van der Waals surface area contributed by atoms with E-state index in [1.54, 1.807) is 19.1 Å². The number of nitrogens with one attached hydrogen (secondary N) is 2. The van der Waals surface area contributed by atoms with E-state index in [0.29, 0.717) is 22.8 Å². The molecule has 0 unspecified atom stereocenters. The van der Waals surface area contributed by atoms with Gasteiger partial charge >= 0.3 is 0 Å². The molecule has 2 N–H and O–H groups in total. The second kappa shape index (κ2) is 5.05. The number of hydrogen-bond acceptors (Lipinski definition) is 4. The maximum atomic E-state index is 12.3. The number of carbonyl (C=O) groups excluding carboxylic acids is 1. The van der Waals surface area contributed by atoms with Crippen LogP contribution >= 0.6 is 0 Å². The molecule has 0 atom stereocenters. The zero-order valence-electron chi connectivity index (χ0n) is 12.2. The highest BCUT2D eigenvalue weighted by molar-refractivity contribution is 6.06. The number of fused-ring (bicyclic) bond motifs is 1. The number of oxazole rings is 1. The molecule has 21 heavy (non-hydrogen) atoms. The summed E-state index contributed by atoms with van der Waals surface area (Å²) in [6.07, 6.45) is 0.740. The SMILES string of the molecule is CCc1nc2cc(NC(=O)c3c(C)n[nH]c3C)ccc2o1. The number of amides is 1. The molecule has 1 aromatic carbocycles. The fourth-order valence-corrected chi connectivity index (χ4v) is 2.28. The van der Waals surface area contributed by atoms with Crippen molar-refractivity contribution in [2.24, 2.45) is 0 Å². The molecule has 108 valence electrons. The van der Waals surface area contributed by atoms with E-state index in [4.69, 9.17) is 4.42 Å². The predicted molar refractivity (Wildman–Crippen MR) is 79.4 cm³/mol. The Morgan fingerprint density at radius 2 is 2.19 bits per heavy atom. The molecule has 0 aliphatic rings. The smallest absolute Gasteiger partial charge is 0.259 e. The molecule has 6 nitrogen and oxygen atoms in total. The van der Waals surface area contributed by atoms with E-state index in [2.05, 4.69) is 20.5 Å². The summed E-state index contributed by atoms with van der Waals surface area (Å²) in [6.45, 7) is 5.61. The molecule has 0 aliphatic heterocycles. The molecule has 0 radical (unpaired) electrons. The third kappa shape index (κ3) is 2.40. The number of H-pyrrole nitrogens is 1. The van der Waals surface area contributed by atoms with Crippen LogP contribution in [0.4, 0.5) is 5.69 Å². The minimum absolute atomic E-state index is 0.183. The van der Waals surface area contributed by atoms with Gasteiger partial charge in [0.2, 0.25) is 0 Å². The van der Waals surface area contributed by atoms with E-state index >= 15 is 0 Å². The number of hydrogen-bond donors (Lipinski definition) is 2. The monoisotopic (exact) mass is 284 g/mol. The highest BCUT2D eigenvalue weighted by Gasteiger charge is 2.15. The van der Waals surface area contributed by atoms with Gasteiger partial charge in [-0.3, -0.25) is 9.89 Å². The normalized spacial score (nSPS) is 11.0. The van der Waals surface area contributed by atoms with Gasteiger partial charge in [-0.1, -0.05) is 6.92 Å². The first-order valence-corrected chi connectivity index (χ1v) is 6.81. The highest BCUT2D eigenvalue weighted by atomic mass is 16.3. The number of aromatic amines is 1. The Hall–Kier alpha value is -2.63. The van der Waals surface area contributed by atoms with Crippen molar-refractivity contribution in [3.8, 4) is 0 Å². The molecule has 2 heterocycles. The maximum absolute atomic E-state index is 12.3. The average molecular weight is 284 g/mol. The van der Waals surface area contributed by atoms with E-state index in [1.807, 2.05) is 19.9 Å². The topological polar surface area (TPSA) is 83.8 Å². The number of rotatable bonds is 3. The van der Waals surface area contributed by atoms with Crippen LogP contribution in [0, 0.1) is 13.8 Å². The Kier molecular flexibility index (Phi) is 3.21. The second-order valence-corrected chi connectivity index (χ2v) is 4.91. The van der Waals surface area contributed by atoms with Crippen molar-refractivity contribution in [2.75, 3.05) is 5.32 Å². The lowest BCUT2D eigenvalue weighted by molar-refractivity contribution is 0.102. The summed E-state index contributed by atoms with van der Waals surface area (Å²) in [7, 11) is 0. The summed E-state index contributed by atoms with van der Waals surface area (Å²) in [6, 6.07) is 5.42. The highest BCUT2D eigenvalue weighted by Crippen LogP contribution is 2.21. The van der Waals surface area contributed by atoms with Crippen LogP contribution < -0.4 is 5.32 Å². The lowest BCUT2D eigenvalue weighted by atomic mass is 10.2. The lowest BCUT2D eigenvalue weighted by Gasteiger charge is -2.04.